The van der Waals surface area contributed by atoms with Gasteiger partial charge in [-0.05, 0) is 44.1 Å². The van der Waals surface area contributed by atoms with Crippen LogP contribution < -0.4 is 5.32 Å². The van der Waals surface area contributed by atoms with E-state index in [1.54, 1.807) is 42.3 Å². The molecule has 2 aromatic rings. The van der Waals surface area contributed by atoms with Gasteiger partial charge >= 0.3 is 0 Å². The molecule has 1 N–H and O–H groups in total. The fourth-order valence-corrected chi connectivity index (χ4v) is 3.93. The number of aliphatic imine (C=N–C) groups is 1. The zero-order valence-electron chi connectivity index (χ0n) is 17.3. The minimum atomic E-state index is -1.22. The van der Waals surface area contributed by atoms with Crippen molar-refractivity contribution in [3.05, 3.63) is 53.0 Å². The van der Waals surface area contributed by atoms with Gasteiger partial charge in [-0.25, -0.2) is 4.39 Å². The summed E-state index contributed by atoms with van der Waals surface area (Å²) in [6.45, 7) is 3.52. The third kappa shape index (κ3) is 3.52. The van der Waals surface area contributed by atoms with Gasteiger partial charge in [0.25, 0.3) is 11.8 Å². The van der Waals surface area contributed by atoms with Crippen molar-refractivity contribution in [3.8, 4) is 11.4 Å². The molecule has 32 heavy (non-hydrogen) atoms. The molecule has 2 aliphatic heterocycles. The molecule has 5 rings (SSSR count). The Morgan fingerprint density at radius 2 is 2.16 bits per heavy atom. The van der Waals surface area contributed by atoms with Crippen LogP contribution in [0.4, 0.5) is 10.1 Å². The first-order valence-electron chi connectivity index (χ1n) is 10.1. The molecule has 1 aliphatic carbocycles. The second-order valence-electron chi connectivity index (χ2n) is 8.33. The summed E-state index contributed by atoms with van der Waals surface area (Å²) < 4.78 is 18.5. The van der Waals surface area contributed by atoms with Crippen molar-refractivity contribution in [1.29, 1.82) is 0 Å². The topological polar surface area (TPSA) is 101 Å². The Morgan fingerprint density at radius 1 is 1.38 bits per heavy atom. The van der Waals surface area contributed by atoms with E-state index in [9.17, 15) is 14.0 Å². The van der Waals surface area contributed by atoms with Crippen LogP contribution >= 0.6 is 11.6 Å². The number of carbonyl (C=O) groups is 2. The zero-order chi connectivity index (χ0) is 22.6. The number of amidine groups is 1. The lowest BCUT2D eigenvalue weighted by atomic mass is 9.91. The van der Waals surface area contributed by atoms with Crippen LogP contribution in [0.2, 0.25) is 0 Å². The molecule has 0 bridgehead atoms. The minimum absolute atomic E-state index is 0.102. The lowest BCUT2D eigenvalue weighted by Crippen LogP contribution is -2.58. The van der Waals surface area contributed by atoms with E-state index in [2.05, 4.69) is 20.4 Å². The van der Waals surface area contributed by atoms with E-state index >= 15 is 0 Å². The molecule has 3 atom stereocenters. The summed E-state index contributed by atoms with van der Waals surface area (Å²) in [5.74, 6) is -0.152. The molecule has 8 nitrogen and oxygen atoms in total. The molecule has 10 heteroatoms. The van der Waals surface area contributed by atoms with Crippen molar-refractivity contribution in [2.75, 3.05) is 5.32 Å². The standard InChI is InChI=1S/C22H19ClFN5O3/c1-11-3-4-12(19-27-20(32-28-19)14-8-15(14)24)7-16(11)25-21(31)22(2)9-18(30)26-17-6-5-13(23)10-29(17)22/h3-7,10,14-15H,8-9H2,1-2H3,(H,25,31)/t14-,15-,22?/m0/s1. The number of anilines is 1. The van der Waals surface area contributed by atoms with Crippen molar-refractivity contribution < 1.29 is 18.5 Å². The van der Waals surface area contributed by atoms with Crippen LogP contribution in [0.3, 0.4) is 0 Å². The SMILES string of the molecule is Cc1ccc(-c2noc([C@H]3C[C@@H]3F)n2)cc1NC(=O)C1(C)CC(=O)N=C2C=CC(Cl)=CN21. The van der Waals surface area contributed by atoms with Gasteiger partial charge < -0.3 is 14.7 Å². The summed E-state index contributed by atoms with van der Waals surface area (Å²) in [5.41, 5.74) is 0.744. The Morgan fingerprint density at radius 3 is 2.91 bits per heavy atom. The van der Waals surface area contributed by atoms with Gasteiger partial charge in [-0.15, -0.1) is 0 Å². The van der Waals surface area contributed by atoms with Crippen molar-refractivity contribution in [3.63, 3.8) is 0 Å². The summed E-state index contributed by atoms with van der Waals surface area (Å²) >= 11 is 6.13. The highest BCUT2D eigenvalue weighted by atomic mass is 35.5. The Hall–Kier alpha value is -3.33. The van der Waals surface area contributed by atoms with Gasteiger partial charge in [0.15, 0.2) is 0 Å². The number of alkyl halides is 1. The lowest BCUT2D eigenvalue weighted by Gasteiger charge is -2.42. The number of nitrogens with zero attached hydrogens (tertiary/aromatic N) is 4. The number of benzene rings is 1. The number of fused-ring (bicyclic) bond motifs is 1. The first-order valence-corrected chi connectivity index (χ1v) is 10.5. The number of carbonyl (C=O) groups excluding carboxylic acids is 2. The average molecular weight is 456 g/mol. The molecule has 0 radical (unpaired) electrons. The molecule has 0 saturated heterocycles. The van der Waals surface area contributed by atoms with Crippen LogP contribution in [0.1, 0.15) is 37.1 Å². The maximum Gasteiger partial charge on any atom is 0.250 e. The van der Waals surface area contributed by atoms with E-state index in [0.29, 0.717) is 34.4 Å². The molecular formula is C22H19ClFN5O3. The second kappa shape index (κ2) is 7.37. The largest absolute Gasteiger partial charge is 0.339 e. The highest BCUT2D eigenvalue weighted by Crippen LogP contribution is 2.43. The number of amides is 2. The van der Waals surface area contributed by atoms with Crippen LogP contribution in [-0.2, 0) is 9.59 Å². The summed E-state index contributed by atoms with van der Waals surface area (Å²) in [7, 11) is 0. The first-order chi connectivity index (χ1) is 15.2. The summed E-state index contributed by atoms with van der Waals surface area (Å²) in [6, 6.07) is 5.34. The Bertz CT molecular complexity index is 1240. The second-order valence-corrected chi connectivity index (χ2v) is 8.77. The number of aryl methyl sites for hydroxylation is 1. The van der Waals surface area contributed by atoms with E-state index in [1.165, 1.54) is 0 Å². The van der Waals surface area contributed by atoms with Crippen molar-refractivity contribution in [2.24, 2.45) is 4.99 Å². The third-order valence-electron chi connectivity index (χ3n) is 5.86. The number of nitrogens with one attached hydrogen (secondary N) is 1. The predicted octanol–water partition coefficient (Wildman–Crippen LogP) is 3.85. The normalized spacial score (nSPS) is 26.4. The van der Waals surface area contributed by atoms with Gasteiger partial charge in [-0.2, -0.15) is 9.98 Å². The van der Waals surface area contributed by atoms with Crippen molar-refractivity contribution >= 4 is 34.9 Å². The van der Waals surface area contributed by atoms with E-state index in [-0.39, 0.29) is 30.0 Å². The predicted molar refractivity (Wildman–Crippen MR) is 116 cm³/mol. The highest BCUT2D eigenvalue weighted by Gasteiger charge is 2.46. The van der Waals surface area contributed by atoms with Gasteiger partial charge in [0.1, 0.15) is 17.5 Å². The molecule has 1 unspecified atom stereocenters. The van der Waals surface area contributed by atoms with Crippen LogP contribution in [0.25, 0.3) is 11.4 Å². The molecule has 0 spiro atoms. The molecule has 2 amide bonds. The molecule has 1 saturated carbocycles. The zero-order valence-corrected chi connectivity index (χ0v) is 18.1. The van der Waals surface area contributed by atoms with Crippen LogP contribution in [0.15, 0.2) is 51.1 Å². The molecule has 1 aromatic carbocycles. The highest BCUT2D eigenvalue weighted by molar-refractivity contribution is 6.32. The number of hydrogen-bond donors (Lipinski definition) is 1. The maximum absolute atomic E-state index is 13.4. The molecule has 3 aliphatic rings. The first kappa shape index (κ1) is 20.6. The van der Waals surface area contributed by atoms with Crippen LogP contribution in [-0.4, -0.2) is 44.4 Å². The van der Waals surface area contributed by atoms with Crippen LogP contribution in [0, 0.1) is 6.92 Å². The van der Waals surface area contributed by atoms with Crippen LogP contribution in [0.5, 0.6) is 0 Å². The Labute approximate surface area is 187 Å². The number of aromatic nitrogens is 2. The van der Waals surface area contributed by atoms with E-state index in [4.69, 9.17) is 16.1 Å². The number of rotatable bonds is 4. The molecule has 3 heterocycles. The smallest absolute Gasteiger partial charge is 0.250 e. The summed E-state index contributed by atoms with van der Waals surface area (Å²) in [4.78, 5) is 35.5. The number of allylic oxidation sites excluding steroid dienone is 2. The lowest BCUT2D eigenvalue weighted by molar-refractivity contribution is -0.130. The fourth-order valence-electron chi connectivity index (χ4n) is 3.77. The minimum Gasteiger partial charge on any atom is -0.339 e. The fraction of sp³-hybridized carbons (Fsp3) is 0.318. The molecular weight excluding hydrogens is 437 g/mol. The molecule has 1 aromatic heterocycles. The van der Waals surface area contributed by atoms with Gasteiger partial charge in [-0.1, -0.05) is 28.9 Å². The van der Waals surface area contributed by atoms with E-state index in [0.717, 1.165) is 5.56 Å². The number of halogens is 2. The number of hydrogen-bond acceptors (Lipinski definition) is 6. The van der Waals surface area contributed by atoms with Gasteiger partial charge in [0.05, 0.1) is 17.4 Å². The van der Waals surface area contributed by atoms with Gasteiger partial charge in [-0.3, -0.25) is 9.59 Å². The quantitative estimate of drug-likeness (QED) is 0.751. The van der Waals surface area contributed by atoms with Gasteiger partial charge in [0, 0.05) is 17.5 Å². The molecule has 1 fully saturated rings. The van der Waals surface area contributed by atoms with E-state index in [1.807, 2.05) is 13.0 Å². The third-order valence-corrected chi connectivity index (χ3v) is 6.09. The Kier molecular flexibility index (Phi) is 4.74. The summed E-state index contributed by atoms with van der Waals surface area (Å²) in [6.07, 6.45) is 4.17. The molecule has 164 valence electrons. The van der Waals surface area contributed by atoms with Crippen molar-refractivity contribution in [2.45, 2.75) is 44.3 Å². The van der Waals surface area contributed by atoms with E-state index < -0.39 is 11.7 Å². The summed E-state index contributed by atoms with van der Waals surface area (Å²) in [5, 5.41) is 7.29. The monoisotopic (exact) mass is 455 g/mol. The maximum atomic E-state index is 13.4. The van der Waals surface area contributed by atoms with Gasteiger partial charge in [0.2, 0.25) is 11.7 Å². The Balaban J connectivity index is 1.42. The average Bonchev–Trinajstić information content (AvgIpc) is 3.28. The van der Waals surface area contributed by atoms with Crippen molar-refractivity contribution in [1.82, 2.24) is 15.0 Å².